The number of aliphatic carboxylic acids is 1. The summed E-state index contributed by atoms with van der Waals surface area (Å²) < 4.78 is 61.6. The highest BCUT2D eigenvalue weighted by Gasteiger charge is 2.34. The Hall–Kier alpha value is -2.36. The van der Waals surface area contributed by atoms with Crippen molar-refractivity contribution in [3.05, 3.63) is 35.1 Å². The Morgan fingerprint density at radius 2 is 1.85 bits per heavy atom. The predicted octanol–water partition coefficient (Wildman–Crippen LogP) is 3.34. The first-order chi connectivity index (χ1) is 11.8. The third-order valence-corrected chi connectivity index (χ3v) is 2.92. The van der Waals surface area contributed by atoms with E-state index in [4.69, 9.17) is 14.6 Å². The molecule has 6 nitrogen and oxygen atoms in total. The Labute approximate surface area is 147 Å². The van der Waals surface area contributed by atoms with Gasteiger partial charge in [0, 0.05) is 5.56 Å². The molecule has 0 aromatic heterocycles. The van der Waals surface area contributed by atoms with E-state index in [-0.39, 0.29) is 5.56 Å². The average molecular weight is 381 g/mol. The molecule has 0 bridgehead atoms. The van der Waals surface area contributed by atoms with Gasteiger partial charge in [-0.25, -0.2) is 14.0 Å². The lowest BCUT2D eigenvalue weighted by molar-refractivity contribution is -0.141. The maximum absolute atomic E-state index is 13.8. The van der Waals surface area contributed by atoms with E-state index >= 15 is 0 Å². The first-order valence-electron chi connectivity index (χ1n) is 7.46. The minimum absolute atomic E-state index is 0.388. The second-order valence-corrected chi connectivity index (χ2v) is 6.33. The number of benzene rings is 1. The van der Waals surface area contributed by atoms with E-state index in [1.54, 1.807) is 20.8 Å². The maximum atomic E-state index is 13.8. The standard InChI is InChI=1S/C16H19F4NO5/c1-15(2,3)26-14(24)21-11(13(22)23)8-25-7-9-5-4-6-10(12(9)17)16(18,19)20/h4-6,11H,7-8H2,1-3H3,(H,21,24)(H,22,23)/t11-/m1/s1. The van der Waals surface area contributed by atoms with Crippen LogP contribution in [-0.4, -0.2) is 35.4 Å². The van der Waals surface area contributed by atoms with Crippen LogP contribution >= 0.6 is 0 Å². The first-order valence-corrected chi connectivity index (χ1v) is 7.46. The predicted molar refractivity (Wildman–Crippen MR) is 81.9 cm³/mol. The second-order valence-electron chi connectivity index (χ2n) is 6.33. The topological polar surface area (TPSA) is 84.9 Å². The molecular formula is C16H19F4NO5. The van der Waals surface area contributed by atoms with Crippen molar-refractivity contribution in [2.75, 3.05) is 6.61 Å². The summed E-state index contributed by atoms with van der Waals surface area (Å²) in [6, 6.07) is 1.17. The molecule has 1 rings (SSSR count). The van der Waals surface area contributed by atoms with E-state index in [2.05, 4.69) is 5.32 Å². The van der Waals surface area contributed by atoms with E-state index < -0.39 is 54.5 Å². The Morgan fingerprint density at radius 1 is 1.23 bits per heavy atom. The molecule has 1 aromatic rings. The van der Waals surface area contributed by atoms with Crippen molar-refractivity contribution < 1.29 is 41.7 Å². The molecule has 0 fully saturated rings. The number of carbonyl (C=O) groups excluding carboxylic acids is 1. The van der Waals surface area contributed by atoms with Crippen molar-refractivity contribution in [2.24, 2.45) is 0 Å². The zero-order chi connectivity index (χ0) is 20.1. The normalized spacial score (nSPS) is 13.2. The molecule has 0 aliphatic rings. The van der Waals surface area contributed by atoms with Crippen LogP contribution in [0.3, 0.4) is 0 Å². The summed E-state index contributed by atoms with van der Waals surface area (Å²) in [7, 11) is 0. The molecule has 0 unspecified atom stereocenters. The highest BCUT2D eigenvalue weighted by Crippen LogP contribution is 2.32. The molecule has 0 saturated carbocycles. The number of halogens is 4. The van der Waals surface area contributed by atoms with Crippen LogP contribution in [0.5, 0.6) is 0 Å². The Kier molecular flexibility index (Phi) is 6.96. The highest BCUT2D eigenvalue weighted by atomic mass is 19.4. The number of alkyl halides is 3. The van der Waals surface area contributed by atoms with Crippen molar-refractivity contribution in [1.82, 2.24) is 5.32 Å². The number of rotatable bonds is 6. The number of amides is 1. The van der Waals surface area contributed by atoms with E-state index in [1.807, 2.05) is 0 Å². The van der Waals surface area contributed by atoms with Crippen LogP contribution in [-0.2, 0) is 27.1 Å². The fraction of sp³-hybridized carbons (Fsp3) is 0.500. The zero-order valence-electron chi connectivity index (χ0n) is 14.3. The lowest BCUT2D eigenvalue weighted by atomic mass is 10.1. The molecule has 0 saturated heterocycles. The Bertz CT molecular complexity index is 655. The lowest BCUT2D eigenvalue weighted by Gasteiger charge is -2.22. The third kappa shape index (κ3) is 6.87. The monoisotopic (exact) mass is 381 g/mol. The molecule has 0 spiro atoms. The van der Waals surface area contributed by atoms with Gasteiger partial charge in [0.05, 0.1) is 18.8 Å². The van der Waals surface area contributed by atoms with Gasteiger partial charge in [0.15, 0.2) is 6.04 Å². The summed E-state index contributed by atoms with van der Waals surface area (Å²) >= 11 is 0. The van der Waals surface area contributed by atoms with Gasteiger partial charge in [0.1, 0.15) is 11.4 Å². The van der Waals surface area contributed by atoms with Crippen LogP contribution < -0.4 is 5.32 Å². The van der Waals surface area contributed by atoms with Crippen LogP contribution in [0, 0.1) is 5.82 Å². The van der Waals surface area contributed by atoms with Crippen LogP contribution in [0.1, 0.15) is 31.9 Å². The largest absolute Gasteiger partial charge is 0.480 e. The molecule has 10 heteroatoms. The van der Waals surface area contributed by atoms with Crippen LogP contribution in [0.25, 0.3) is 0 Å². The summed E-state index contributed by atoms with van der Waals surface area (Å²) in [5.41, 5.74) is -2.68. The number of alkyl carbamates (subject to hydrolysis) is 1. The van der Waals surface area contributed by atoms with Crippen molar-refractivity contribution in [3.63, 3.8) is 0 Å². The van der Waals surface area contributed by atoms with Gasteiger partial charge < -0.3 is 19.9 Å². The molecule has 0 aliphatic carbocycles. The Morgan fingerprint density at radius 3 is 2.35 bits per heavy atom. The second kappa shape index (κ2) is 8.35. The van der Waals surface area contributed by atoms with Gasteiger partial charge >= 0.3 is 18.2 Å². The molecular weight excluding hydrogens is 362 g/mol. The molecule has 26 heavy (non-hydrogen) atoms. The first kappa shape index (κ1) is 21.7. The molecule has 0 aliphatic heterocycles. The lowest BCUT2D eigenvalue weighted by Crippen LogP contribution is -2.46. The van der Waals surface area contributed by atoms with E-state index in [0.29, 0.717) is 6.07 Å². The quantitative estimate of drug-likeness (QED) is 0.739. The minimum atomic E-state index is -4.86. The summed E-state index contributed by atoms with van der Waals surface area (Å²) in [5, 5.41) is 11.1. The number of hydrogen-bond donors (Lipinski definition) is 2. The van der Waals surface area contributed by atoms with Crippen molar-refractivity contribution >= 4 is 12.1 Å². The maximum Gasteiger partial charge on any atom is 0.419 e. The van der Waals surface area contributed by atoms with E-state index in [0.717, 1.165) is 12.1 Å². The fourth-order valence-corrected chi connectivity index (χ4v) is 1.82. The highest BCUT2D eigenvalue weighted by molar-refractivity contribution is 5.80. The SMILES string of the molecule is CC(C)(C)OC(=O)N[C@H](COCc1cccc(C(F)(F)F)c1F)C(=O)O. The number of carboxylic acids is 1. The molecule has 0 heterocycles. The number of carbonyl (C=O) groups is 2. The molecule has 1 aromatic carbocycles. The van der Waals surface area contributed by atoms with Crippen molar-refractivity contribution in [1.29, 1.82) is 0 Å². The molecule has 146 valence electrons. The van der Waals surface area contributed by atoms with Crippen molar-refractivity contribution in [3.8, 4) is 0 Å². The smallest absolute Gasteiger partial charge is 0.419 e. The van der Waals surface area contributed by atoms with Crippen LogP contribution in [0.15, 0.2) is 18.2 Å². The number of hydrogen-bond acceptors (Lipinski definition) is 4. The molecule has 1 amide bonds. The summed E-state index contributed by atoms with van der Waals surface area (Å²) in [6.45, 7) is 3.54. The van der Waals surface area contributed by atoms with Gasteiger partial charge in [-0.2, -0.15) is 13.2 Å². The summed E-state index contributed by atoms with van der Waals surface area (Å²) in [6.07, 6.45) is -5.86. The van der Waals surface area contributed by atoms with Gasteiger partial charge in [-0.05, 0) is 26.8 Å². The number of ether oxygens (including phenoxy) is 2. The van der Waals surface area contributed by atoms with Gasteiger partial charge in [-0.1, -0.05) is 12.1 Å². The fourth-order valence-electron chi connectivity index (χ4n) is 1.82. The van der Waals surface area contributed by atoms with E-state index in [1.165, 1.54) is 0 Å². The summed E-state index contributed by atoms with van der Waals surface area (Å²) in [5.74, 6) is -2.94. The van der Waals surface area contributed by atoms with Gasteiger partial charge in [-0.3, -0.25) is 0 Å². The number of nitrogens with one attached hydrogen (secondary N) is 1. The van der Waals surface area contributed by atoms with Crippen LogP contribution in [0.4, 0.5) is 22.4 Å². The Balaban J connectivity index is 2.69. The average Bonchev–Trinajstić information content (AvgIpc) is 2.44. The van der Waals surface area contributed by atoms with Crippen molar-refractivity contribution in [2.45, 2.75) is 45.2 Å². The minimum Gasteiger partial charge on any atom is -0.480 e. The van der Waals surface area contributed by atoms with Crippen LogP contribution in [0.2, 0.25) is 0 Å². The van der Waals surface area contributed by atoms with Gasteiger partial charge in [0.2, 0.25) is 0 Å². The molecule has 1 atom stereocenters. The van der Waals surface area contributed by atoms with E-state index in [9.17, 15) is 27.2 Å². The molecule has 2 N–H and O–H groups in total. The van der Waals surface area contributed by atoms with Gasteiger partial charge in [0.25, 0.3) is 0 Å². The zero-order valence-corrected chi connectivity index (χ0v) is 14.3. The van der Waals surface area contributed by atoms with Gasteiger partial charge in [-0.15, -0.1) is 0 Å². The number of carboxylic acid groups (broad SMARTS) is 1. The molecule has 0 radical (unpaired) electrons. The third-order valence-electron chi connectivity index (χ3n) is 2.92. The summed E-state index contributed by atoms with van der Waals surface area (Å²) in [4.78, 5) is 22.7.